The molecule has 2 aliphatic rings. The van der Waals surface area contributed by atoms with E-state index in [1.807, 2.05) is 36.4 Å². The van der Waals surface area contributed by atoms with E-state index >= 15 is 0 Å². The lowest BCUT2D eigenvalue weighted by atomic mass is 10.0. The molecule has 4 rings (SSSR count). The lowest BCUT2D eigenvalue weighted by Crippen LogP contribution is -2.20. The molecule has 0 aromatic heterocycles. The summed E-state index contributed by atoms with van der Waals surface area (Å²) in [5.74, 6) is 2.48. The molecule has 0 saturated heterocycles. The van der Waals surface area contributed by atoms with Crippen LogP contribution in [0, 0.1) is 0 Å². The third-order valence-corrected chi connectivity index (χ3v) is 4.42. The summed E-state index contributed by atoms with van der Waals surface area (Å²) in [6, 6.07) is 13.9. The zero-order valence-corrected chi connectivity index (χ0v) is 12.2. The second-order valence-corrected chi connectivity index (χ2v) is 5.74. The predicted octanol–water partition coefficient (Wildman–Crippen LogP) is 3.74. The highest BCUT2D eigenvalue weighted by Gasteiger charge is 2.30. The first kappa shape index (κ1) is 12.8. The van der Waals surface area contributed by atoms with Gasteiger partial charge >= 0.3 is 0 Å². The van der Waals surface area contributed by atoms with E-state index in [4.69, 9.17) is 25.8 Å². The quantitative estimate of drug-likeness (QED) is 0.791. The minimum absolute atomic E-state index is 0.0494. The summed E-state index contributed by atoms with van der Waals surface area (Å²) in [5, 5.41) is -0.215. The summed E-state index contributed by atoms with van der Waals surface area (Å²) in [6.07, 6.45) is 0.783. The molecule has 0 saturated carbocycles. The third-order valence-electron chi connectivity index (χ3n) is 3.88. The second kappa shape index (κ2) is 5.15. The van der Waals surface area contributed by atoms with Gasteiger partial charge in [-0.2, -0.15) is 0 Å². The van der Waals surface area contributed by atoms with Crippen molar-refractivity contribution >= 4 is 11.6 Å². The Hall–Kier alpha value is -1.87. The number of halogens is 1. The standard InChI is InChI=1S/C17H15ClO3/c18-17(16-9-11-3-1-2-4-13(11)21-16)12-5-6-14-15(10-12)20-8-7-19-14/h1-6,10,16-17H,7-9H2. The predicted molar refractivity (Wildman–Crippen MR) is 80.6 cm³/mol. The molecule has 0 N–H and O–H groups in total. The van der Waals surface area contributed by atoms with E-state index in [1.54, 1.807) is 0 Å². The Kier molecular flexibility index (Phi) is 3.15. The first-order valence-corrected chi connectivity index (χ1v) is 7.53. The number of rotatable bonds is 2. The fourth-order valence-electron chi connectivity index (χ4n) is 2.82. The molecule has 21 heavy (non-hydrogen) atoms. The van der Waals surface area contributed by atoms with Crippen LogP contribution in [0.5, 0.6) is 17.2 Å². The lowest BCUT2D eigenvalue weighted by Gasteiger charge is -2.22. The van der Waals surface area contributed by atoms with Crippen LogP contribution in [0.1, 0.15) is 16.5 Å². The molecule has 2 atom stereocenters. The van der Waals surface area contributed by atoms with Crippen LogP contribution in [0.3, 0.4) is 0 Å². The molecule has 4 heteroatoms. The van der Waals surface area contributed by atoms with Crippen LogP contribution >= 0.6 is 11.6 Å². The summed E-state index contributed by atoms with van der Waals surface area (Å²) in [6.45, 7) is 1.17. The van der Waals surface area contributed by atoms with Gasteiger partial charge in [0.05, 0.1) is 5.38 Å². The number of fused-ring (bicyclic) bond motifs is 2. The van der Waals surface area contributed by atoms with Gasteiger partial charge in [-0.05, 0) is 29.3 Å². The molecule has 108 valence electrons. The lowest BCUT2D eigenvalue weighted by molar-refractivity contribution is 0.171. The third kappa shape index (κ3) is 2.32. The van der Waals surface area contributed by atoms with Crippen LogP contribution < -0.4 is 14.2 Å². The van der Waals surface area contributed by atoms with Gasteiger partial charge < -0.3 is 14.2 Å². The van der Waals surface area contributed by atoms with E-state index in [9.17, 15) is 0 Å². The Morgan fingerprint density at radius 3 is 2.62 bits per heavy atom. The van der Waals surface area contributed by atoms with Gasteiger partial charge in [-0.25, -0.2) is 0 Å². The normalized spacial score (nSPS) is 20.5. The fourth-order valence-corrected chi connectivity index (χ4v) is 3.09. The molecule has 2 aromatic carbocycles. The minimum atomic E-state index is -0.215. The van der Waals surface area contributed by atoms with Crippen molar-refractivity contribution in [3.8, 4) is 17.2 Å². The van der Waals surface area contributed by atoms with Crippen LogP contribution in [0.15, 0.2) is 42.5 Å². The van der Waals surface area contributed by atoms with Crippen LogP contribution in [-0.4, -0.2) is 19.3 Å². The Balaban J connectivity index is 1.57. The summed E-state index contributed by atoms with van der Waals surface area (Å²) < 4.78 is 17.1. The van der Waals surface area contributed by atoms with E-state index in [0.717, 1.165) is 29.2 Å². The average molecular weight is 303 g/mol. The maximum Gasteiger partial charge on any atom is 0.161 e. The number of para-hydroxylation sites is 1. The molecule has 0 aliphatic carbocycles. The molecule has 0 bridgehead atoms. The topological polar surface area (TPSA) is 27.7 Å². The highest BCUT2D eigenvalue weighted by Crippen LogP contribution is 2.40. The Labute approximate surface area is 128 Å². The monoisotopic (exact) mass is 302 g/mol. The Morgan fingerprint density at radius 1 is 0.952 bits per heavy atom. The van der Waals surface area contributed by atoms with Gasteiger partial charge in [0.25, 0.3) is 0 Å². The molecule has 0 fully saturated rings. The van der Waals surface area contributed by atoms with Gasteiger partial charge in [-0.1, -0.05) is 24.3 Å². The Morgan fingerprint density at radius 2 is 1.76 bits per heavy atom. The Bertz CT molecular complexity index is 646. The summed E-state index contributed by atoms with van der Waals surface area (Å²) in [5.41, 5.74) is 2.21. The van der Waals surface area contributed by atoms with E-state index in [1.165, 1.54) is 5.56 Å². The number of hydrogen-bond donors (Lipinski definition) is 0. The van der Waals surface area contributed by atoms with Gasteiger partial charge in [0, 0.05) is 6.42 Å². The van der Waals surface area contributed by atoms with Crippen molar-refractivity contribution in [3.63, 3.8) is 0 Å². The summed E-state index contributed by atoms with van der Waals surface area (Å²) >= 11 is 6.62. The first-order chi connectivity index (χ1) is 10.3. The number of alkyl halides is 1. The van der Waals surface area contributed by atoms with E-state index in [-0.39, 0.29) is 11.5 Å². The van der Waals surface area contributed by atoms with Crippen LogP contribution in [0.25, 0.3) is 0 Å². The van der Waals surface area contributed by atoms with E-state index in [2.05, 4.69) is 6.07 Å². The van der Waals surface area contributed by atoms with Crippen molar-refractivity contribution in [2.24, 2.45) is 0 Å². The molecule has 2 aliphatic heterocycles. The molecule has 0 amide bonds. The van der Waals surface area contributed by atoms with Crippen molar-refractivity contribution in [1.82, 2.24) is 0 Å². The molecule has 2 aromatic rings. The maximum absolute atomic E-state index is 6.62. The van der Waals surface area contributed by atoms with Crippen LogP contribution in [0.4, 0.5) is 0 Å². The van der Waals surface area contributed by atoms with Crippen molar-refractivity contribution in [2.75, 3.05) is 13.2 Å². The van der Waals surface area contributed by atoms with Crippen molar-refractivity contribution in [3.05, 3.63) is 53.6 Å². The van der Waals surface area contributed by atoms with Gasteiger partial charge in [-0.3, -0.25) is 0 Å². The highest BCUT2D eigenvalue weighted by atomic mass is 35.5. The van der Waals surface area contributed by atoms with Gasteiger partial charge in [0.2, 0.25) is 0 Å². The average Bonchev–Trinajstić information content (AvgIpc) is 2.97. The maximum atomic E-state index is 6.62. The molecule has 0 radical (unpaired) electrons. The number of hydrogen-bond acceptors (Lipinski definition) is 3. The minimum Gasteiger partial charge on any atom is -0.488 e. The van der Waals surface area contributed by atoms with Crippen LogP contribution in [0.2, 0.25) is 0 Å². The molecule has 0 spiro atoms. The number of benzene rings is 2. The van der Waals surface area contributed by atoms with E-state index in [0.29, 0.717) is 13.2 Å². The number of ether oxygens (including phenoxy) is 3. The zero-order valence-electron chi connectivity index (χ0n) is 11.4. The van der Waals surface area contributed by atoms with Crippen molar-refractivity contribution in [1.29, 1.82) is 0 Å². The van der Waals surface area contributed by atoms with Gasteiger partial charge in [0.1, 0.15) is 25.1 Å². The fraction of sp³-hybridized carbons (Fsp3) is 0.294. The van der Waals surface area contributed by atoms with Crippen LogP contribution in [-0.2, 0) is 6.42 Å². The molecule has 3 nitrogen and oxygen atoms in total. The highest BCUT2D eigenvalue weighted by molar-refractivity contribution is 6.21. The van der Waals surface area contributed by atoms with E-state index < -0.39 is 0 Å². The zero-order chi connectivity index (χ0) is 14.2. The smallest absolute Gasteiger partial charge is 0.161 e. The molecular weight excluding hydrogens is 288 g/mol. The first-order valence-electron chi connectivity index (χ1n) is 7.09. The van der Waals surface area contributed by atoms with Crippen molar-refractivity contribution < 1.29 is 14.2 Å². The van der Waals surface area contributed by atoms with Gasteiger partial charge in [0.15, 0.2) is 11.5 Å². The summed E-state index contributed by atoms with van der Waals surface area (Å²) in [4.78, 5) is 0. The largest absolute Gasteiger partial charge is 0.488 e. The second-order valence-electron chi connectivity index (χ2n) is 5.27. The summed E-state index contributed by atoms with van der Waals surface area (Å²) in [7, 11) is 0. The van der Waals surface area contributed by atoms with Crippen molar-refractivity contribution in [2.45, 2.75) is 17.9 Å². The molecular formula is C17H15ClO3. The SMILES string of the molecule is ClC(c1ccc2c(c1)OCCO2)C1Cc2ccccc2O1. The van der Waals surface area contributed by atoms with Gasteiger partial charge in [-0.15, -0.1) is 11.6 Å². The molecule has 2 heterocycles. The molecule has 2 unspecified atom stereocenters.